The molecule has 0 aliphatic rings. The normalized spacial score (nSPS) is 10.3. The van der Waals surface area contributed by atoms with Gasteiger partial charge >= 0.3 is 0 Å². The zero-order chi connectivity index (χ0) is 9.52. The first kappa shape index (κ1) is 10.9. The average Bonchev–Trinajstić information content (AvgIpc) is 2.52. The molecule has 0 atom stereocenters. The van der Waals surface area contributed by atoms with E-state index < -0.39 is 0 Å². The Morgan fingerprint density at radius 3 is 2.85 bits per heavy atom. The number of thiophene rings is 1. The van der Waals surface area contributed by atoms with Crippen LogP contribution in [0.2, 0.25) is 4.34 Å². The standard InChI is InChI=1S/C10H15ClOS/c1-2-3-4-5-7-12-9-6-8-13-10(9)11/h6,8H,2-5,7H2,1H3. The van der Waals surface area contributed by atoms with Crippen molar-refractivity contribution in [3.63, 3.8) is 0 Å². The van der Waals surface area contributed by atoms with Gasteiger partial charge in [-0.3, -0.25) is 0 Å². The molecule has 0 aliphatic heterocycles. The number of halogens is 1. The molecule has 1 aromatic rings. The van der Waals surface area contributed by atoms with E-state index in [9.17, 15) is 0 Å². The fourth-order valence-corrected chi connectivity index (χ4v) is 1.92. The molecule has 0 amide bonds. The van der Waals surface area contributed by atoms with Gasteiger partial charge in [-0.05, 0) is 17.9 Å². The van der Waals surface area contributed by atoms with Crippen molar-refractivity contribution < 1.29 is 4.74 Å². The van der Waals surface area contributed by atoms with E-state index in [1.165, 1.54) is 30.6 Å². The highest BCUT2D eigenvalue weighted by Gasteiger charge is 2.00. The molecule has 0 saturated heterocycles. The van der Waals surface area contributed by atoms with Crippen molar-refractivity contribution in [1.82, 2.24) is 0 Å². The van der Waals surface area contributed by atoms with Gasteiger partial charge in [0.25, 0.3) is 0 Å². The quantitative estimate of drug-likeness (QED) is 0.645. The molecule has 0 aromatic carbocycles. The SMILES string of the molecule is CCCCCCOc1ccsc1Cl. The predicted molar refractivity (Wildman–Crippen MR) is 59.0 cm³/mol. The third kappa shape index (κ3) is 4.01. The molecule has 3 heteroatoms. The Bertz CT molecular complexity index is 235. The highest BCUT2D eigenvalue weighted by molar-refractivity contribution is 7.14. The van der Waals surface area contributed by atoms with Crippen LogP contribution in [0, 0.1) is 0 Å². The van der Waals surface area contributed by atoms with Gasteiger partial charge in [-0.2, -0.15) is 0 Å². The maximum Gasteiger partial charge on any atom is 0.148 e. The summed E-state index contributed by atoms with van der Waals surface area (Å²) in [4.78, 5) is 0. The number of rotatable bonds is 6. The summed E-state index contributed by atoms with van der Waals surface area (Å²) in [6.07, 6.45) is 4.93. The molecule has 0 radical (unpaired) electrons. The molecule has 1 aromatic heterocycles. The zero-order valence-electron chi connectivity index (χ0n) is 7.88. The first-order valence-electron chi connectivity index (χ1n) is 4.70. The summed E-state index contributed by atoms with van der Waals surface area (Å²) in [5, 5.41) is 1.95. The van der Waals surface area contributed by atoms with Crippen molar-refractivity contribution >= 4 is 22.9 Å². The van der Waals surface area contributed by atoms with Gasteiger partial charge in [0.05, 0.1) is 6.61 Å². The maximum atomic E-state index is 5.87. The van der Waals surface area contributed by atoms with E-state index in [0.29, 0.717) is 0 Å². The Morgan fingerprint density at radius 2 is 2.23 bits per heavy atom. The minimum Gasteiger partial charge on any atom is -0.491 e. The molecule has 1 heterocycles. The summed E-state index contributed by atoms with van der Waals surface area (Å²) in [7, 11) is 0. The molecule has 0 spiro atoms. The highest BCUT2D eigenvalue weighted by Crippen LogP contribution is 2.30. The maximum absolute atomic E-state index is 5.87. The van der Waals surface area contributed by atoms with E-state index in [4.69, 9.17) is 16.3 Å². The van der Waals surface area contributed by atoms with Crippen molar-refractivity contribution in [3.8, 4) is 5.75 Å². The van der Waals surface area contributed by atoms with Gasteiger partial charge in [-0.15, -0.1) is 11.3 Å². The van der Waals surface area contributed by atoms with Gasteiger partial charge in [0.2, 0.25) is 0 Å². The molecular formula is C10H15ClOS. The van der Waals surface area contributed by atoms with Gasteiger partial charge in [-0.1, -0.05) is 37.8 Å². The first-order chi connectivity index (χ1) is 6.34. The Balaban J connectivity index is 2.10. The molecule has 1 nitrogen and oxygen atoms in total. The van der Waals surface area contributed by atoms with Crippen LogP contribution in [-0.2, 0) is 0 Å². The number of unbranched alkanes of at least 4 members (excludes halogenated alkanes) is 3. The monoisotopic (exact) mass is 218 g/mol. The topological polar surface area (TPSA) is 9.23 Å². The molecule has 0 unspecified atom stereocenters. The van der Waals surface area contributed by atoms with Gasteiger partial charge in [0.15, 0.2) is 0 Å². The van der Waals surface area contributed by atoms with Crippen molar-refractivity contribution in [1.29, 1.82) is 0 Å². The lowest BCUT2D eigenvalue weighted by molar-refractivity contribution is 0.306. The minimum atomic E-state index is 0.760. The lowest BCUT2D eigenvalue weighted by atomic mass is 10.2. The Morgan fingerprint density at radius 1 is 1.38 bits per heavy atom. The fraction of sp³-hybridized carbons (Fsp3) is 0.600. The van der Waals surface area contributed by atoms with Crippen LogP contribution in [0.25, 0.3) is 0 Å². The average molecular weight is 219 g/mol. The van der Waals surface area contributed by atoms with E-state index in [2.05, 4.69) is 6.92 Å². The summed E-state index contributed by atoms with van der Waals surface area (Å²) in [6.45, 7) is 2.99. The van der Waals surface area contributed by atoms with E-state index in [-0.39, 0.29) is 0 Å². The second-order valence-corrected chi connectivity index (χ2v) is 4.49. The smallest absolute Gasteiger partial charge is 0.148 e. The zero-order valence-corrected chi connectivity index (χ0v) is 9.46. The van der Waals surface area contributed by atoms with Crippen molar-refractivity contribution in [2.45, 2.75) is 32.6 Å². The van der Waals surface area contributed by atoms with Crippen molar-refractivity contribution in [2.75, 3.05) is 6.61 Å². The second kappa shape index (κ2) is 6.28. The summed E-state index contributed by atoms with van der Waals surface area (Å²) in [5.41, 5.74) is 0. The fourth-order valence-electron chi connectivity index (χ4n) is 1.09. The highest BCUT2D eigenvalue weighted by atomic mass is 35.5. The summed E-state index contributed by atoms with van der Waals surface area (Å²) >= 11 is 7.39. The largest absolute Gasteiger partial charge is 0.491 e. The molecule has 0 fully saturated rings. The summed E-state index contributed by atoms with van der Waals surface area (Å²) in [6, 6.07) is 1.92. The third-order valence-electron chi connectivity index (χ3n) is 1.84. The Hall–Kier alpha value is -0.210. The first-order valence-corrected chi connectivity index (χ1v) is 5.96. The summed E-state index contributed by atoms with van der Waals surface area (Å²) < 4.78 is 6.26. The van der Waals surface area contributed by atoms with E-state index in [1.54, 1.807) is 0 Å². The van der Waals surface area contributed by atoms with Crippen LogP contribution in [0.3, 0.4) is 0 Å². The lowest BCUT2D eigenvalue weighted by Crippen LogP contribution is -1.96. The molecule has 74 valence electrons. The lowest BCUT2D eigenvalue weighted by Gasteiger charge is -2.03. The molecule has 13 heavy (non-hydrogen) atoms. The van der Waals surface area contributed by atoms with Gasteiger partial charge < -0.3 is 4.74 Å². The number of hydrogen-bond acceptors (Lipinski definition) is 2. The van der Waals surface area contributed by atoms with Crippen LogP contribution in [0.4, 0.5) is 0 Å². The predicted octanol–water partition coefficient (Wildman–Crippen LogP) is 4.36. The number of ether oxygens (including phenoxy) is 1. The Labute approximate surface area is 88.7 Å². The van der Waals surface area contributed by atoms with Gasteiger partial charge in [0.1, 0.15) is 10.1 Å². The second-order valence-electron chi connectivity index (χ2n) is 2.97. The van der Waals surface area contributed by atoms with E-state index in [1.807, 2.05) is 11.4 Å². The van der Waals surface area contributed by atoms with Crippen LogP contribution >= 0.6 is 22.9 Å². The van der Waals surface area contributed by atoms with E-state index in [0.717, 1.165) is 23.1 Å². The van der Waals surface area contributed by atoms with Crippen LogP contribution in [0.5, 0.6) is 5.75 Å². The summed E-state index contributed by atoms with van der Waals surface area (Å²) in [5.74, 6) is 0.836. The van der Waals surface area contributed by atoms with Crippen molar-refractivity contribution in [3.05, 3.63) is 15.8 Å². The van der Waals surface area contributed by atoms with Crippen LogP contribution in [0.15, 0.2) is 11.4 Å². The van der Waals surface area contributed by atoms with Gasteiger partial charge in [-0.25, -0.2) is 0 Å². The molecule has 0 bridgehead atoms. The molecule has 0 aliphatic carbocycles. The van der Waals surface area contributed by atoms with Gasteiger partial charge in [0, 0.05) is 0 Å². The van der Waals surface area contributed by atoms with Crippen LogP contribution in [-0.4, -0.2) is 6.61 Å². The molecule has 0 N–H and O–H groups in total. The van der Waals surface area contributed by atoms with E-state index >= 15 is 0 Å². The van der Waals surface area contributed by atoms with Crippen molar-refractivity contribution in [2.24, 2.45) is 0 Å². The molecule has 1 rings (SSSR count). The third-order valence-corrected chi connectivity index (χ3v) is 2.97. The molecule has 0 saturated carbocycles. The molecular weight excluding hydrogens is 204 g/mol. The Kier molecular flexibility index (Phi) is 5.25. The minimum absolute atomic E-state index is 0.760. The van der Waals surface area contributed by atoms with Crippen LogP contribution in [0.1, 0.15) is 32.6 Å². The van der Waals surface area contributed by atoms with Crippen LogP contribution < -0.4 is 4.74 Å². The number of hydrogen-bond donors (Lipinski definition) is 0.